The number of aliphatic hydroxyl groups is 1. The fraction of sp³-hybridized carbons (Fsp3) is 0.471. The van der Waals surface area contributed by atoms with Gasteiger partial charge in [-0.3, -0.25) is 4.79 Å². The number of hydrogen-bond acceptors (Lipinski definition) is 2. The molecule has 1 aliphatic carbocycles. The first-order valence-corrected chi connectivity index (χ1v) is 7.32. The summed E-state index contributed by atoms with van der Waals surface area (Å²) in [5.41, 5.74) is 2.34. The average Bonchev–Trinajstić information content (AvgIpc) is 3.29. The lowest BCUT2D eigenvalue weighted by Gasteiger charge is -2.16. The van der Waals surface area contributed by atoms with E-state index >= 15 is 0 Å². The van der Waals surface area contributed by atoms with Crippen molar-refractivity contribution < 1.29 is 9.90 Å². The third-order valence-electron chi connectivity index (χ3n) is 3.85. The second-order valence-corrected chi connectivity index (χ2v) is 5.53. The van der Waals surface area contributed by atoms with Crippen LogP contribution in [0.15, 0.2) is 42.0 Å². The number of amides is 1. The second-order valence-electron chi connectivity index (χ2n) is 5.53. The van der Waals surface area contributed by atoms with Crippen molar-refractivity contribution in [3.05, 3.63) is 47.5 Å². The molecule has 2 rings (SSSR count). The van der Waals surface area contributed by atoms with Gasteiger partial charge in [-0.15, -0.1) is 0 Å². The minimum atomic E-state index is -0.0201. The lowest BCUT2D eigenvalue weighted by Crippen LogP contribution is -2.27. The Morgan fingerprint density at radius 1 is 1.40 bits per heavy atom. The number of nitrogens with one attached hydrogen (secondary N) is 1. The molecule has 108 valence electrons. The highest BCUT2D eigenvalue weighted by Gasteiger charge is 2.23. The normalized spacial score (nSPS) is 16.8. The monoisotopic (exact) mass is 273 g/mol. The maximum Gasteiger partial charge on any atom is 0.243 e. The van der Waals surface area contributed by atoms with Gasteiger partial charge in [0.05, 0.1) is 0 Å². The van der Waals surface area contributed by atoms with Gasteiger partial charge in [-0.2, -0.15) is 0 Å². The lowest BCUT2D eigenvalue weighted by atomic mass is 9.96. The molecular formula is C17H23NO2. The molecule has 20 heavy (non-hydrogen) atoms. The number of carbonyl (C=O) groups is 1. The van der Waals surface area contributed by atoms with Gasteiger partial charge in [0, 0.05) is 25.1 Å². The Balaban J connectivity index is 1.88. The maximum absolute atomic E-state index is 11.9. The average molecular weight is 273 g/mol. The first-order chi connectivity index (χ1) is 9.70. The summed E-state index contributed by atoms with van der Waals surface area (Å²) in [6.45, 7) is 2.73. The zero-order valence-corrected chi connectivity index (χ0v) is 12.0. The van der Waals surface area contributed by atoms with Crippen LogP contribution in [0.3, 0.4) is 0 Å². The Kier molecular flexibility index (Phi) is 5.36. The van der Waals surface area contributed by atoms with E-state index in [2.05, 4.69) is 5.32 Å². The van der Waals surface area contributed by atoms with E-state index in [9.17, 15) is 4.79 Å². The molecule has 0 aromatic heterocycles. The highest BCUT2D eigenvalue weighted by molar-refractivity contribution is 5.88. The molecule has 0 saturated heterocycles. The predicted octanol–water partition coefficient (Wildman–Crippen LogP) is 2.63. The summed E-state index contributed by atoms with van der Waals surface area (Å²) in [5.74, 6) is 0.774. The van der Waals surface area contributed by atoms with E-state index in [0.29, 0.717) is 18.9 Å². The van der Waals surface area contributed by atoms with E-state index in [1.807, 2.05) is 37.3 Å². The van der Waals surface area contributed by atoms with Gasteiger partial charge in [-0.25, -0.2) is 0 Å². The van der Waals surface area contributed by atoms with Crippen LogP contribution in [0.2, 0.25) is 0 Å². The van der Waals surface area contributed by atoms with Gasteiger partial charge in [-0.1, -0.05) is 35.9 Å². The number of benzene rings is 1. The SMILES string of the molecule is C/C(=C/C(=O)NCC(CCO)c1ccccc1)C1CC1. The molecule has 1 saturated carbocycles. The van der Waals surface area contributed by atoms with Crippen LogP contribution in [0, 0.1) is 5.92 Å². The molecule has 0 radical (unpaired) electrons. The van der Waals surface area contributed by atoms with Gasteiger partial charge >= 0.3 is 0 Å². The molecule has 3 nitrogen and oxygen atoms in total. The van der Waals surface area contributed by atoms with Crippen LogP contribution >= 0.6 is 0 Å². The van der Waals surface area contributed by atoms with E-state index in [1.54, 1.807) is 6.08 Å². The molecule has 3 heteroatoms. The van der Waals surface area contributed by atoms with Crippen LogP contribution in [0.1, 0.15) is 37.7 Å². The fourth-order valence-corrected chi connectivity index (χ4v) is 2.41. The van der Waals surface area contributed by atoms with E-state index < -0.39 is 0 Å². The number of carbonyl (C=O) groups excluding carboxylic acids is 1. The summed E-state index contributed by atoms with van der Waals surface area (Å²) in [4.78, 5) is 11.9. The van der Waals surface area contributed by atoms with Crippen LogP contribution in [-0.2, 0) is 4.79 Å². The minimum Gasteiger partial charge on any atom is -0.396 e. The smallest absolute Gasteiger partial charge is 0.243 e. The van der Waals surface area contributed by atoms with Gasteiger partial charge in [-0.05, 0) is 37.7 Å². The van der Waals surface area contributed by atoms with E-state index in [0.717, 1.165) is 5.56 Å². The molecule has 0 bridgehead atoms. The molecule has 1 fully saturated rings. The van der Waals surface area contributed by atoms with Crippen LogP contribution in [0.5, 0.6) is 0 Å². The summed E-state index contributed by atoms with van der Waals surface area (Å²) in [6.07, 6.45) is 4.81. The number of rotatable bonds is 7. The zero-order chi connectivity index (χ0) is 14.4. The van der Waals surface area contributed by atoms with Crippen LogP contribution in [0.4, 0.5) is 0 Å². The maximum atomic E-state index is 11.9. The fourth-order valence-electron chi connectivity index (χ4n) is 2.41. The number of aliphatic hydroxyl groups excluding tert-OH is 1. The molecular weight excluding hydrogens is 250 g/mol. The zero-order valence-electron chi connectivity index (χ0n) is 12.0. The van der Waals surface area contributed by atoms with Crippen molar-refractivity contribution >= 4 is 5.91 Å². The Morgan fingerprint density at radius 2 is 2.10 bits per heavy atom. The molecule has 1 amide bonds. The first-order valence-electron chi connectivity index (χ1n) is 7.32. The van der Waals surface area contributed by atoms with Crippen LogP contribution in [-0.4, -0.2) is 24.2 Å². The molecule has 0 aliphatic heterocycles. The lowest BCUT2D eigenvalue weighted by molar-refractivity contribution is -0.116. The molecule has 1 aromatic carbocycles. The standard InChI is InChI=1S/C17H23NO2/c1-13(14-7-8-14)11-17(20)18-12-16(9-10-19)15-5-3-2-4-6-15/h2-6,11,14,16,19H,7-10,12H2,1H3,(H,18,20)/b13-11-. The summed E-state index contributed by atoms with van der Waals surface area (Å²) in [5, 5.41) is 12.1. The quantitative estimate of drug-likeness (QED) is 0.750. The topological polar surface area (TPSA) is 49.3 Å². The van der Waals surface area contributed by atoms with Gasteiger partial charge in [0.25, 0.3) is 0 Å². The number of allylic oxidation sites excluding steroid dienone is 1. The third kappa shape index (κ3) is 4.49. The van der Waals surface area contributed by atoms with Gasteiger partial charge in [0.1, 0.15) is 0 Å². The Hall–Kier alpha value is -1.61. The van der Waals surface area contributed by atoms with Crippen molar-refractivity contribution in [2.24, 2.45) is 5.92 Å². The van der Waals surface area contributed by atoms with Crippen molar-refractivity contribution in [1.29, 1.82) is 0 Å². The van der Waals surface area contributed by atoms with Crippen molar-refractivity contribution in [3.63, 3.8) is 0 Å². The van der Waals surface area contributed by atoms with Crippen molar-refractivity contribution in [2.75, 3.05) is 13.2 Å². The Morgan fingerprint density at radius 3 is 2.70 bits per heavy atom. The molecule has 1 unspecified atom stereocenters. The second kappa shape index (κ2) is 7.25. The van der Waals surface area contributed by atoms with E-state index in [-0.39, 0.29) is 18.4 Å². The molecule has 0 heterocycles. The van der Waals surface area contributed by atoms with Gasteiger partial charge in [0.2, 0.25) is 5.91 Å². The third-order valence-corrected chi connectivity index (χ3v) is 3.85. The molecule has 2 N–H and O–H groups in total. The Labute approximate surface area is 120 Å². The van der Waals surface area contributed by atoms with Crippen molar-refractivity contribution in [3.8, 4) is 0 Å². The van der Waals surface area contributed by atoms with Gasteiger partial charge in [0.15, 0.2) is 0 Å². The largest absolute Gasteiger partial charge is 0.396 e. The predicted molar refractivity (Wildman–Crippen MR) is 80.4 cm³/mol. The highest BCUT2D eigenvalue weighted by Crippen LogP contribution is 2.35. The summed E-state index contributed by atoms with van der Waals surface area (Å²) in [7, 11) is 0. The minimum absolute atomic E-state index is 0.0201. The first kappa shape index (κ1) is 14.8. The number of hydrogen-bond donors (Lipinski definition) is 2. The summed E-state index contributed by atoms with van der Waals surface area (Å²) >= 11 is 0. The van der Waals surface area contributed by atoms with Crippen LogP contribution < -0.4 is 5.32 Å². The van der Waals surface area contributed by atoms with Crippen LogP contribution in [0.25, 0.3) is 0 Å². The van der Waals surface area contributed by atoms with Gasteiger partial charge < -0.3 is 10.4 Å². The molecule has 1 aliphatic rings. The van der Waals surface area contributed by atoms with Crippen molar-refractivity contribution in [1.82, 2.24) is 5.32 Å². The van der Waals surface area contributed by atoms with E-state index in [4.69, 9.17) is 5.11 Å². The summed E-state index contributed by atoms with van der Waals surface area (Å²) < 4.78 is 0. The highest BCUT2D eigenvalue weighted by atomic mass is 16.3. The van der Waals surface area contributed by atoms with Crippen molar-refractivity contribution in [2.45, 2.75) is 32.1 Å². The van der Waals surface area contributed by atoms with E-state index in [1.165, 1.54) is 18.4 Å². The molecule has 1 aromatic rings. The Bertz CT molecular complexity index is 463. The summed E-state index contributed by atoms with van der Waals surface area (Å²) in [6, 6.07) is 10.0. The molecule has 1 atom stereocenters. The molecule has 0 spiro atoms.